The second-order valence-electron chi connectivity index (χ2n) is 3.28. The SMILES string of the molecule is CCC(=CC(=O)c1cnn(C)c1)CC. The van der Waals surface area contributed by atoms with Gasteiger partial charge in [-0.05, 0) is 18.9 Å². The molecule has 0 spiro atoms. The summed E-state index contributed by atoms with van der Waals surface area (Å²) in [6, 6.07) is 0. The Bertz CT molecular complexity index is 344. The Kier molecular flexibility index (Phi) is 3.63. The van der Waals surface area contributed by atoms with Gasteiger partial charge in [-0.2, -0.15) is 5.10 Å². The number of hydrogen-bond acceptors (Lipinski definition) is 2. The fourth-order valence-electron chi connectivity index (χ4n) is 1.27. The summed E-state index contributed by atoms with van der Waals surface area (Å²) >= 11 is 0. The Labute approximate surface area is 84.4 Å². The van der Waals surface area contributed by atoms with E-state index in [9.17, 15) is 4.79 Å². The lowest BCUT2D eigenvalue weighted by Crippen LogP contribution is -1.94. The third-order valence-corrected chi connectivity index (χ3v) is 2.23. The van der Waals surface area contributed by atoms with E-state index < -0.39 is 0 Å². The number of aryl methyl sites for hydroxylation is 1. The van der Waals surface area contributed by atoms with Crippen LogP contribution in [0.15, 0.2) is 24.0 Å². The van der Waals surface area contributed by atoms with Crippen LogP contribution in [0.2, 0.25) is 0 Å². The van der Waals surface area contributed by atoms with Gasteiger partial charge in [0.05, 0.1) is 11.8 Å². The molecule has 0 aliphatic rings. The van der Waals surface area contributed by atoms with Gasteiger partial charge in [-0.1, -0.05) is 19.4 Å². The molecular formula is C11H16N2O. The predicted molar refractivity (Wildman–Crippen MR) is 56.2 cm³/mol. The molecule has 0 N–H and O–H groups in total. The molecule has 0 fully saturated rings. The number of aromatic nitrogens is 2. The molecule has 1 heterocycles. The van der Waals surface area contributed by atoms with Crippen molar-refractivity contribution < 1.29 is 4.79 Å². The van der Waals surface area contributed by atoms with Crippen LogP contribution in [0, 0.1) is 0 Å². The Balaban J connectivity index is 2.81. The average Bonchev–Trinajstić information content (AvgIpc) is 2.61. The molecule has 0 aliphatic heterocycles. The van der Waals surface area contributed by atoms with Gasteiger partial charge in [-0.25, -0.2) is 0 Å². The summed E-state index contributed by atoms with van der Waals surface area (Å²) in [7, 11) is 1.81. The van der Waals surface area contributed by atoms with Crippen molar-refractivity contribution in [2.24, 2.45) is 7.05 Å². The molecule has 14 heavy (non-hydrogen) atoms. The smallest absolute Gasteiger partial charge is 0.188 e. The molecule has 0 saturated heterocycles. The topological polar surface area (TPSA) is 34.9 Å². The molecule has 76 valence electrons. The Morgan fingerprint density at radius 2 is 2.14 bits per heavy atom. The van der Waals surface area contributed by atoms with E-state index in [1.807, 2.05) is 0 Å². The minimum Gasteiger partial charge on any atom is -0.289 e. The highest BCUT2D eigenvalue weighted by Crippen LogP contribution is 2.08. The van der Waals surface area contributed by atoms with Crippen molar-refractivity contribution in [3.05, 3.63) is 29.6 Å². The lowest BCUT2D eigenvalue weighted by Gasteiger charge is -1.97. The van der Waals surface area contributed by atoms with Crippen LogP contribution >= 0.6 is 0 Å². The normalized spacial score (nSPS) is 9.93. The Hall–Kier alpha value is -1.38. The highest BCUT2D eigenvalue weighted by Gasteiger charge is 2.05. The van der Waals surface area contributed by atoms with Crippen LogP contribution in [-0.2, 0) is 7.05 Å². The van der Waals surface area contributed by atoms with Crippen LogP contribution in [-0.4, -0.2) is 15.6 Å². The zero-order chi connectivity index (χ0) is 10.6. The van der Waals surface area contributed by atoms with E-state index in [0.29, 0.717) is 5.56 Å². The van der Waals surface area contributed by atoms with Crippen molar-refractivity contribution in [1.29, 1.82) is 0 Å². The first-order valence-corrected chi connectivity index (χ1v) is 4.89. The maximum absolute atomic E-state index is 11.7. The number of carbonyl (C=O) groups excluding carboxylic acids is 1. The van der Waals surface area contributed by atoms with Gasteiger partial charge in [0.2, 0.25) is 0 Å². The molecule has 1 aromatic heterocycles. The maximum Gasteiger partial charge on any atom is 0.188 e. The number of ketones is 1. The number of rotatable bonds is 4. The Morgan fingerprint density at radius 3 is 2.57 bits per heavy atom. The summed E-state index contributed by atoms with van der Waals surface area (Å²) in [5.74, 6) is 0.0526. The zero-order valence-electron chi connectivity index (χ0n) is 8.95. The average molecular weight is 192 g/mol. The standard InChI is InChI=1S/C11H16N2O/c1-4-9(5-2)6-11(14)10-7-12-13(3)8-10/h6-8H,4-5H2,1-3H3. The lowest BCUT2D eigenvalue weighted by atomic mass is 10.1. The summed E-state index contributed by atoms with van der Waals surface area (Å²) in [5, 5.41) is 3.96. The molecule has 0 bridgehead atoms. The molecule has 0 saturated carbocycles. The van der Waals surface area contributed by atoms with Gasteiger partial charge in [-0.3, -0.25) is 9.48 Å². The van der Waals surface area contributed by atoms with Crippen molar-refractivity contribution in [2.75, 3.05) is 0 Å². The van der Waals surface area contributed by atoms with E-state index in [1.165, 1.54) is 5.57 Å². The quantitative estimate of drug-likeness (QED) is 0.542. The predicted octanol–water partition coefficient (Wildman–Crippen LogP) is 2.35. The summed E-state index contributed by atoms with van der Waals surface area (Å²) in [5.41, 5.74) is 1.84. The van der Waals surface area contributed by atoms with Crippen LogP contribution in [0.25, 0.3) is 0 Å². The molecule has 3 nitrogen and oxygen atoms in total. The zero-order valence-corrected chi connectivity index (χ0v) is 8.95. The molecule has 0 atom stereocenters. The molecule has 0 aliphatic carbocycles. The first-order valence-electron chi connectivity index (χ1n) is 4.89. The lowest BCUT2D eigenvalue weighted by molar-refractivity contribution is 0.104. The van der Waals surface area contributed by atoms with Crippen molar-refractivity contribution in [2.45, 2.75) is 26.7 Å². The second-order valence-corrected chi connectivity index (χ2v) is 3.28. The van der Waals surface area contributed by atoms with Gasteiger partial charge in [0.1, 0.15) is 0 Å². The fraction of sp³-hybridized carbons (Fsp3) is 0.455. The summed E-state index contributed by atoms with van der Waals surface area (Å²) in [6.45, 7) is 4.12. The van der Waals surface area contributed by atoms with Crippen LogP contribution in [0.4, 0.5) is 0 Å². The highest BCUT2D eigenvalue weighted by molar-refractivity contribution is 6.04. The van der Waals surface area contributed by atoms with E-state index >= 15 is 0 Å². The molecule has 3 heteroatoms. The second kappa shape index (κ2) is 4.74. The number of hydrogen-bond donors (Lipinski definition) is 0. The van der Waals surface area contributed by atoms with E-state index in [-0.39, 0.29) is 5.78 Å². The van der Waals surface area contributed by atoms with E-state index in [4.69, 9.17) is 0 Å². The van der Waals surface area contributed by atoms with Crippen LogP contribution in [0.3, 0.4) is 0 Å². The van der Waals surface area contributed by atoms with Gasteiger partial charge >= 0.3 is 0 Å². The largest absolute Gasteiger partial charge is 0.289 e. The fourth-order valence-corrected chi connectivity index (χ4v) is 1.27. The molecule has 1 aromatic rings. The molecule has 1 rings (SSSR count). The van der Waals surface area contributed by atoms with E-state index in [2.05, 4.69) is 18.9 Å². The monoisotopic (exact) mass is 192 g/mol. The van der Waals surface area contributed by atoms with E-state index in [0.717, 1.165) is 12.8 Å². The Morgan fingerprint density at radius 1 is 1.50 bits per heavy atom. The van der Waals surface area contributed by atoms with Gasteiger partial charge in [0.25, 0.3) is 0 Å². The summed E-state index contributed by atoms with van der Waals surface area (Å²) < 4.78 is 1.64. The third-order valence-electron chi connectivity index (χ3n) is 2.23. The highest BCUT2D eigenvalue weighted by atomic mass is 16.1. The first-order chi connectivity index (χ1) is 6.67. The van der Waals surface area contributed by atoms with Crippen LogP contribution < -0.4 is 0 Å². The van der Waals surface area contributed by atoms with Gasteiger partial charge in [0, 0.05) is 13.2 Å². The number of nitrogens with zero attached hydrogens (tertiary/aromatic N) is 2. The van der Waals surface area contributed by atoms with Gasteiger partial charge < -0.3 is 0 Å². The van der Waals surface area contributed by atoms with Crippen molar-refractivity contribution in [3.63, 3.8) is 0 Å². The van der Waals surface area contributed by atoms with Crippen LogP contribution in [0.1, 0.15) is 37.0 Å². The number of allylic oxidation sites excluding steroid dienone is 2. The third kappa shape index (κ3) is 2.55. The molecule has 0 aromatic carbocycles. The minimum atomic E-state index is 0.0526. The first kappa shape index (κ1) is 10.7. The van der Waals surface area contributed by atoms with Crippen molar-refractivity contribution in [1.82, 2.24) is 9.78 Å². The van der Waals surface area contributed by atoms with E-state index in [1.54, 1.807) is 30.2 Å². The summed E-state index contributed by atoms with van der Waals surface area (Å²) in [6.07, 6.45) is 6.92. The molecular weight excluding hydrogens is 176 g/mol. The molecule has 0 unspecified atom stereocenters. The summed E-state index contributed by atoms with van der Waals surface area (Å²) in [4.78, 5) is 11.7. The van der Waals surface area contributed by atoms with Crippen molar-refractivity contribution >= 4 is 5.78 Å². The van der Waals surface area contributed by atoms with Gasteiger partial charge in [0.15, 0.2) is 5.78 Å². The number of carbonyl (C=O) groups is 1. The maximum atomic E-state index is 11.7. The molecule has 0 radical (unpaired) electrons. The minimum absolute atomic E-state index is 0.0526. The molecule has 0 amide bonds. The van der Waals surface area contributed by atoms with Crippen LogP contribution in [0.5, 0.6) is 0 Å². The van der Waals surface area contributed by atoms with Gasteiger partial charge in [-0.15, -0.1) is 0 Å². The van der Waals surface area contributed by atoms with Crippen molar-refractivity contribution in [3.8, 4) is 0 Å².